The van der Waals surface area contributed by atoms with E-state index >= 15 is 0 Å². The Morgan fingerprint density at radius 1 is 1.10 bits per heavy atom. The predicted molar refractivity (Wildman–Crippen MR) is 85.3 cm³/mol. The van der Waals surface area contributed by atoms with Gasteiger partial charge in [-0.05, 0) is 55.5 Å². The van der Waals surface area contributed by atoms with Crippen LogP contribution in [0.1, 0.15) is 34.3 Å². The van der Waals surface area contributed by atoms with Crippen LogP contribution in [-0.4, -0.2) is 12.6 Å². The van der Waals surface area contributed by atoms with E-state index in [1.807, 2.05) is 31.2 Å². The monoisotopic (exact) mass is 283 g/mol. The Kier molecular flexibility index (Phi) is 5.38. The molecule has 3 heteroatoms. The van der Waals surface area contributed by atoms with Crippen molar-refractivity contribution in [3.8, 4) is 0 Å². The molecule has 0 unspecified atom stereocenters. The van der Waals surface area contributed by atoms with E-state index in [9.17, 15) is 4.79 Å². The van der Waals surface area contributed by atoms with Gasteiger partial charge in [-0.3, -0.25) is 0 Å². The van der Waals surface area contributed by atoms with Crippen molar-refractivity contribution in [1.82, 2.24) is 0 Å². The number of nitrogen functional groups attached to an aromatic ring is 1. The smallest absolute Gasteiger partial charge is 0.338 e. The van der Waals surface area contributed by atoms with Gasteiger partial charge in [-0.1, -0.05) is 30.3 Å². The number of hydrogen-bond donors (Lipinski definition) is 1. The molecule has 2 N–H and O–H groups in total. The summed E-state index contributed by atoms with van der Waals surface area (Å²) in [6.07, 6.45) is 2.88. The van der Waals surface area contributed by atoms with Gasteiger partial charge < -0.3 is 10.5 Å². The molecule has 0 saturated carbocycles. The molecular formula is C18H21NO2. The molecule has 0 aliphatic rings. The average molecular weight is 283 g/mol. The van der Waals surface area contributed by atoms with E-state index in [0.717, 1.165) is 24.8 Å². The van der Waals surface area contributed by atoms with Gasteiger partial charge in [-0.25, -0.2) is 4.79 Å². The zero-order chi connectivity index (χ0) is 15.1. The molecule has 0 spiro atoms. The summed E-state index contributed by atoms with van der Waals surface area (Å²) in [5, 5.41) is 0. The number of rotatable bonds is 6. The zero-order valence-corrected chi connectivity index (χ0v) is 12.3. The van der Waals surface area contributed by atoms with Crippen LogP contribution >= 0.6 is 0 Å². The van der Waals surface area contributed by atoms with E-state index in [4.69, 9.17) is 10.5 Å². The van der Waals surface area contributed by atoms with Crippen LogP contribution in [0.15, 0.2) is 48.5 Å². The summed E-state index contributed by atoms with van der Waals surface area (Å²) in [7, 11) is 0. The standard InChI is InChI=1S/C18H21NO2/c1-14-11-16(13-17(19)12-14)18(20)21-10-6-5-9-15-7-3-2-4-8-15/h2-4,7-8,11-13H,5-6,9-10,19H2,1H3. The molecule has 2 aromatic carbocycles. The lowest BCUT2D eigenvalue weighted by Gasteiger charge is -2.06. The van der Waals surface area contributed by atoms with Crippen LogP contribution < -0.4 is 5.73 Å². The van der Waals surface area contributed by atoms with Crippen LogP contribution in [0, 0.1) is 6.92 Å². The lowest BCUT2D eigenvalue weighted by atomic mass is 10.1. The predicted octanol–water partition coefficient (Wildman–Crippen LogP) is 3.76. The summed E-state index contributed by atoms with van der Waals surface area (Å²) >= 11 is 0. The van der Waals surface area contributed by atoms with E-state index in [1.54, 1.807) is 12.1 Å². The summed E-state index contributed by atoms with van der Waals surface area (Å²) in [5.41, 5.74) is 9.12. The minimum absolute atomic E-state index is 0.301. The van der Waals surface area contributed by atoms with Gasteiger partial charge in [0.25, 0.3) is 0 Å². The van der Waals surface area contributed by atoms with Gasteiger partial charge in [0.05, 0.1) is 12.2 Å². The molecule has 0 bridgehead atoms. The van der Waals surface area contributed by atoms with E-state index in [0.29, 0.717) is 17.9 Å². The van der Waals surface area contributed by atoms with E-state index in [-0.39, 0.29) is 5.97 Å². The van der Waals surface area contributed by atoms with Gasteiger partial charge in [0.15, 0.2) is 0 Å². The number of aryl methyl sites for hydroxylation is 2. The molecule has 2 rings (SSSR count). The fourth-order valence-corrected chi connectivity index (χ4v) is 2.25. The lowest BCUT2D eigenvalue weighted by Crippen LogP contribution is -2.07. The first-order valence-electron chi connectivity index (χ1n) is 7.23. The lowest BCUT2D eigenvalue weighted by molar-refractivity contribution is 0.0498. The van der Waals surface area contributed by atoms with Crippen LogP contribution in [-0.2, 0) is 11.2 Å². The van der Waals surface area contributed by atoms with Crippen molar-refractivity contribution in [2.75, 3.05) is 12.3 Å². The third-order valence-corrected chi connectivity index (χ3v) is 3.27. The Balaban J connectivity index is 1.72. The highest BCUT2D eigenvalue weighted by atomic mass is 16.5. The number of ether oxygens (including phenoxy) is 1. The van der Waals surface area contributed by atoms with Gasteiger partial charge in [-0.15, -0.1) is 0 Å². The second kappa shape index (κ2) is 7.48. The van der Waals surface area contributed by atoms with Crippen molar-refractivity contribution in [2.24, 2.45) is 0 Å². The number of benzene rings is 2. The van der Waals surface area contributed by atoms with Crippen molar-refractivity contribution in [2.45, 2.75) is 26.2 Å². The first-order valence-corrected chi connectivity index (χ1v) is 7.23. The summed E-state index contributed by atoms with van der Waals surface area (Å²) < 4.78 is 5.28. The molecule has 0 saturated heterocycles. The molecule has 0 radical (unpaired) electrons. The largest absolute Gasteiger partial charge is 0.462 e. The van der Waals surface area contributed by atoms with Crippen molar-refractivity contribution < 1.29 is 9.53 Å². The maximum Gasteiger partial charge on any atom is 0.338 e. The quantitative estimate of drug-likeness (QED) is 0.499. The zero-order valence-electron chi connectivity index (χ0n) is 12.3. The third-order valence-electron chi connectivity index (χ3n) is 3.27. The molecule has 2 aromatic rings. The molecule has 0 heterocycles. The number of unbranched alkanes of at least 4 members (excludes halogenated alkanes) is 1. The fourth-order valence-electron chi connectivity index (χ4n) is 2.25. The molecule has 0 aliphatic carbocycles. The van der Waals surface area contributed by atoms with Crippen LogP contribution in [0.3, 0.4) is 0 Å². The molecule has 0 atom stereocenters. The number of esters is 1. The normalized spacial score (nSPS) is 10.3. The van der Waals surface area contributed by atoms with Crippen LogP contribution in [0.5, 0.6) is 0 Å². The number of nitrogens with two attached hydrogens (primary N) is 1. The Bertz CT molecular complexity index is 573. The summed E-state index contributed by atoms with van der Waals surface area (Å²) in [6, 6.07) is 15.6. The highest BCUT2D eigenvalue weighted by molar-refractivity contribution is 5.90. The van der Waals surface area contributed by atoms with Gasteiger partial charge in [0, 0.05) is 5.69 Å². The maximum absolute atomic E-state index is 11.9. The van der Waals surface area contributed by atoms with E-state index in [1.165, 1.54) is 5.56 Å². The van der Waals surface area contributed by atoms with Gasteiger partial charge in [-0.2, -0.15) is 0 Å². The van der Waals surface area contributed by atoms with E-state index in [2.05, 4.69) is 12.1 Å². The first-order chi connectivity index (χ1) is 10.1. The highest BCUT2D eigenvalue weighted by Gasteiger charge is 2.08. The summed E-state index contributed by atoms with van der Waals surface area (Å²) in [6.45, 7) is 2.35. The molecule has 0 amide bonds. The highest BCUT2D eigenvalue weighted by Crippen LogP contribution is 2.12. The van der Waals surface area contributed by atoms with Gasteiger partial charge in [0.2, 0.25) is 0 Å². The fraction of sp³-hybridized carbons (Fsp3) is 0.278. The van der Waals surface area contributed by atoms with Gasteiger partial charge >= 0.3 is 5.97 Å². The SMILES string of the molecule is Cc1cc(N)cc(C(=O)OCCCCc2ccccc2)c1. The Hall–Kier alpha value is -2.29. The second-order valence-electron chi connectivity index (χ2n) is 5.21. The van der Waals surface area contributed by atoms with E-state index < -0.39 is 0 Å². The summed E-state index contributed by atoms with van der Waals surface area (Å²) in [5.74, 6) is -0.301. The third kappa shape index (κ3) is 4.95. The molecule has 3 nitrogen and oxygen atoms in total. The number of carbonyl (C=O) groups is 1. The number of hydrogen-bond acceptors (Lipinski definition) is 3. The Labute approximate surface area is 125 Å². The average Bonchev–Trinajstić information content (AvgIpc) is 2.47. The summed E-state index contributed by atoms with van der Waals surface area (Å²) in [4.78, 5) is 11.9. The molecule has 21 heavy (non-hydrogen) atoms. The minimum atomic E-state index is -0.301. The van der Waals surface area contributed by atoms with Gasteiger partial charge in [0.1, 0.15) is 0 Å². The molecule has 0 aliphatic heterocycles. The minimum Gasteiger partial charge on any atom is -0.462 e. The Morgan fingerprint density at radius 3 is 2.57 bits per heavy atom. The first kappa shape index (κ1) is 15.1. The molecule has 0 fully saturated rings. The molecular weight excluding hydrogens is 262 g/mol. The number of carbonyl (C=O) groups excluding carboxylic acids is 1. The van der Waals surface area contributed by atoms with Crippen LogP contribution in [0.2, 0.25) is 0 Å². The second-order valence-corrected chi connectivity index (χ2v) is 5.21. The molecule has 0 aromatic heterocycles. The van der Waals surface area contributed by atoms with Crippen LogP contribution in [0.25, 0.3) is 0 Å². The maximum atomic E-state index is 11.9. The topological polar surface area (TPSA) is 52.3 Å². The molecule has 110 valence electrons. The van der Waals surface area contributed by atoms with Crippen molar-refractivity contribution in [3.05, 3.63) is 65.2 Å². The van der Waals surface area contributed by atoms with Crippen molar-refractivity contribution in [3.63, 3.8) is 0 Å². The van der Waals surface area contributed by atoms with Crippen molar-refractivity contribution in [1.29, 1.82) is 0 Å². The van der Waals surface area contributed by atoms with Crippen LogP contribution in [0.4, 0.5) is 5.69 Å². The number of anilines is 1. The van der Waals surface area contributed by atoms with Crippen molar-refractivity contribution >= 4 is 11.7 Å². The Morgan fingerprint density at radius 2 is 1.86 bits per heavy atom.